The molecule has 0 atom stereocenters. The molecule has 1 N–H and O–H groups in total. The Morgan fingerprint density at radius 1 is 0.842 bits per heavy atom. The second kappa shape index (κ2) is 5.71. The second-order valence-electron chi connectivity index (χ2n) is 4.21. The fourth-order valence-corrected chi connectivity index (χ4v) is 1.85. The van der Waals surface area contributed by atoms with Crippen LogP contribution in [0.3, 0.4) is 0 Å². The van der Waals surface area contributed by atoms with Crippen molar-refractivity contribution in [2.45, 2.75) is 5.41 Å². The van der Waals surface area contributed by atoms with Crippen molar-refractivity contribution in [2.24, 2.45) is 0 Å². The first-order valence-corrected chi connectivity index (χ1v) is 5.98. The first kappa shape index (κ1) is 12.7. The summed E-state index contributed by atoms with van der Waals surface area (Å²) in [6, 6.07) is 23.0. The molecule has 2 rings (SSSR count). The number of nitriles is 2. The zero-order chi connectivity index (χ0) is 13.6. The van der Waals surface area contributed by atoms with Gasteiger partial charge in [0.15, 0.2) is 5.41 Å². The van der Waals surface area contributed by atoms with E-state index in [-0.39, 0.29) is 6.54 Å². The SMILES string of the molecule is N#CC(C#N)(CNc1ccccc1)c1ccccc1. The zero-order valence-corrected chi connectivity index (χ0v) is 10.4. The molecule has 0 heterocycles. The second-order valence-corrected chi connectivity index (χ2v) is 4.21. The van der Waals surface area contributed by atoms with Crippen molar-refractivity contribution in [1.29, 1.82) is 10.5 Å². The van der Waals surface area contributed by atoms with E-state index < -0.39 is 5.41 Å². The smallest absolute Gasteiger partial charge is 0.185 e. The number of benzene rings is 2. The van der Waals surface area contributed by atoms with Crippen LogP contribution in [0, 0.1) is 22.7 Å². The maximum absolute atomic E-state index is 9.40. The summed E-state index contributed by atoms with van der Waals surface area (Å²) in [4.78, 5) is 0. The first-order valence-electron chi connectivity index (χ1n) is 5.98. The maximum atomic E-state index is 9.40. The lowest BCUT2D eigenvalue weighted by Gasteiger charge is -2.20. The highest BCUT2D eigenvalue weighted by atomic mass is 14.9. The summed E-state index contributed by atoms with van der Waals surface area (Å²) >= 11 is 0. The summed E-state index contributed by atoms with van der Waals surface area (Å²) in [5, 5.41) is 21.9. The van der Waals surface area contributed by atoms with Crippen molar-refractivity contribution in [2.75, 3.05) is 11.9 Å². The van der Waals surface area contributed by atoms with E-state index in [1.165, 1.54) is 0 Å². The van der Waals surface area contributed by atoms with E-state index >= 15 is 0 Å². The van der Waals surface area contributed by atoms with Crippen molar-refractivity contribution >= 4 is 5.69 Å². The van der Waals surface area contributed by atoms with Crippen LogP contribution in [0.5, 0.6) is 0 Å². The lowest BCUT2D eigenvalue weighted by molar-refractivity contribution is 0.738. The van der Waals surface area contributed by atoms with Crippen LogP contribution in [0.4, 0.5) is 5.69 Å². The summed E-state index contributed by atoms with van der Waals surface area (Å²) in [5.41, 5.74) is 0.439. The fourth-order valence-electron chi connectivity index (χ4n) is 1.85. The van der Waals surface area contributed by atoms with Crippen molar-refractivity contribution in [3.63, 3.8) is 0 Å². The minimum atomic E-state index is -1.17. The fraction of sp³-hybridized carbons (Fsp3) is 0.125. The minimum Gasteiger partial charge on any atom is -0.382 e. The molecule has 0 unspecified atom stereocenters. The molecule has 2 aromatic rings. The summed E-state index contributed by atoms with van der Waals surface area (Å²) in [6.45, 7) is 0.258. The zero-order valence-electron chi connectivity index (χ0n) is 10.4. The largest absolute Gasteiger partial charge is 0.382 e. The summed E-state index contributed by atoms with van der Waals surface area (Å²) in [5.74, 6) is 0. The molecule has 3 nitrogen and oxygen atoms in total. The molecule has 0 aliphatic rings. The van der Waals surface area contributed by atoms with Crippen LogP contribution in [-0.2, 0) is 5.41 Å². The molecule has 0 aliphatic carbocycles. The van der Waals surface area contributed by atoms with Gasteiger partial charge in [0.1, 0.15) is 0 Å². The van der Waals surface area contributed by atoms with Gasteiger partial charge in [0.2, 0.25) is 0 Å². The molecule has 0 saturated carbocycles. The Morgan fingerprint density at radius 3 is 1.89 bits per heavy atom. The number of rotatable bonds is 4. The quantitative estimate of drug-likeness (QED) is 0.903. The molecule has 0 aromatic heterocycles. The predicted molar refractivity (Wildman–Crippen MR) is 74.3 cm³/mol. The molecule has 92 valence electrons. The average Bonchev–Trinajstić information content (AvgIpc) is 2.51. The lowest BCUT2D eigenvalue weighted by atomic mass is 9.83. The van der Waals surface area contributed by atoms with Crippen molar-refractivity contribution in [3.8, 4) is 12.1 Å². The van der Waals surface area contributed by atoms with Gasteiger partial charge in [0.05, 0.1) is 18.7 Å². The van der Waals surface area contributed by atoms with Gasteiger partial charge in [-0.2, -0.15) is 10.5 Å². The molecular weight excluding hydrogens is 234 g/mol. The number of anilines is 1. The maximum Gasteiger partial charge on any atom is 0.185 e. The number of hydrogen-bond donors (Lipinski definition) is 1. The number of para-hydroxylation sites is 1. The number of hydrogen-bond acceptors (Lipinski definition) is 3. The third kappa shape index (κ3) is 2.73. The lowest BCUT2D eigenvalue weighted by Crippen LogP contribution is -2.31. The van der Waals surface area contributed by atoms with Gasteiger partial charge in [0, 0.05) is 5.69 Å². The van der Waals surface area contributed by atoms with E-state index in [1.807, 2.05) is 48.5 Å². The van der Waals surface area contributed by atoms with Gasteiger partial charge < -0.3 is 5.32 Å². The molecule has 3 heteroatoms. The van der Waals surface area contributed by atoms with E-state index in [0.29, 0.717) is 5.56 Å². The van der Waals surface area contributed by atoms with Crippen LogP contribution >= 0.6 is 0 Å². The Labute approximate surface area is 112 Å². The summed E-state index contributed by atoms with van der Waals surface area (Å²) in [7, 11) is 0. The highest BCUT2D eigenvalue weighted by Gasteiger charge is 2.32. The summed E-state index contributed by atoms with van der Waals surface area (Å²) in [6.07, 6.45) is 0. The molecule has 0 saturated heterocycles. The number of nitrogens with one attached hydrogen (secondary N) is 1. The van der Waals surface area contributed by atoms with E-state index in [1.54, 1.807) is 12.1 Å². The van der Waals surface area contributed by atoms with Crippen molar-refractivity contribution < 1.29 is 0 Å². The monoisotopic (exact) mass is 247 g/mol. The van der Waals surface area contributed by atoms with Crippen molar-refractivity contribution in [1.82, 2.24) is 0 Å². The van der Waals surface area contributed by atoms with Gasteiger partial charge in [-0.25, -0.2) is 0 Å². The molecule has 0 amide bonds. The predicted octanol–water partition coefficient (Wildman–Crippen LogP) is 3.08. The topological polar surface area (TPSA) is 59.6 Å². The molecule has 19 heavy (non-hydrogen) atoms. The molecule has 0 radical (unpaired) electrons. The van der Waals surface area contributed by atoms with Crippen LogP contribution in [0.1, 0.15) is 5.56 Å². The van der Waals surface area contributed by atoms with E-state index in [4.69, 9.17) is 0 Å². The minimum absolute atomic E-state index is 0.258. The normalized spacial score (nSPS) is 10.2. The molecule has 0 fully saturated rings. The van der Waals surface area contributed by atoms with Gasteiger partial charge in [0.25, 0.3) is 0 Å². The molecule has 0 aliphatic heterocycles. The average molecular weight is 247 g/mol. The van der Waals surface area contributed by atoms with E-state index in [0.717, 1.165) is 5.69 Å². The van der Waals surface area contributed by atoms with Crippen molar-refractivity contribution in [3.05, 3.63) is 66.2 Å². The Morgan fingerprint density at radius 2 is 1.37 bits per heavy atom. The van der Waals surface area contributed by atoms with Crippen LogP contribution in [0.2, 0.25) is 0 Å². The van der Waals surface area contributed by atoms with Gasteiger partial charge in [-0.3, -0.25) is 0 Å². The molecule has 2 aromatic carbocycles. The standard InChI is InChI=1S/C16H13N3/c17-11-16(12-18,14-7-3-1-4-8-14)13-19-15-9-5-2-6-10-15/h1-10,19H,13H2. The van der Waals surface area contributed by atoms with E-state index in [2.05, 4.69) is 17.5 Å². The molecule has 0 bridgehead atoms. The molecule has 0 spiro atoms. The highest BCUT2D eigenvalue weighted by Crippen LogP contribution is 2.23. The Balaban J connectivity index is 2.23. The van der Waals surface area contributed by atoms with Gasteiger partial charge in [-0.1, -0.05) is 48.5 Å². The third-order valence-electron chi connectivity index (χ3n) is 2.98. The third-order valence-corrected chi connectivity index (χ3v) is 2.98. The summed E-state index contributed by atoms with van der Waals surface area (Å²) < 4.78 is 0. The Bertz CT molecular complexity index is 592. The molecular formula is C16H13N3. The van der Waals surface area contributed by atoms with Gasteiger partial charge in [-0.15, -0.1) is 0 Å². The van der Waals surface area contributed by atoms with Crippen LogP contribution in [-0.4, -0.2) is 6.54 Å². The highest BCUT2D eigenvalue weighted by molar-refractivity contribution is 5.48. The Hall–Kier alpha value is -2.78. The number of nitrogens with zero attached hydrogens (tertiary/aromatic N) is 2. The van der Waals surface area contributed by atoms with Crippen LogP contribution in [0.15, 0.2) is 60.7 Å². The van der Waals surface area contributed by atoms with Crippen LogP contribution in [0.25, 0.3) is 0 Å². The van der Waals surface area contributed by atoms with E-state index in [9.17, 15) is 10.5 Å². The van der Waals surface area contributed by atoms with Gasteiger partial charge in [-0.05, 0) is 17.7 Å². The Kier molecular flexibility index (Phi) is 3.81. The van der Waals surface area contributed by atoms with Gasteiger partial charge >= 0.3 is 0 Å². The first-order chi connectivity index (χ1) is 9.30. The van der Waals surface area contributed by atoms with Crippen LogP contribution < -0.4 is 5.32 Å².